The molecule has 0 spiro atoms. The second-order valence-corrected chi connectivity index (χ2v) is 7.92. The number of fused-ring (bicyclic) bond motifs is 1. The third-order valence-corrected chi connectivity index (χ3v) is 6.13. The summed E-state index contributed by atoms with van der Waals surface area (Å²) in [4.78, 5) is 19.5. The number of hydrogen-bond acceptors (Lipinski definition) is 6. The first-order valence-corrected chi connectivity index (χ1v) is 10.4. The summed E-state index contributed by atoms with van der Waals surface area (Å²) < 4.78 is 0. The minimum Gasteiger partial charge on any atom is -0.353 e. The zero-order valence-corrected chi connectivity index (χ0v) is 16.6. The van der Waals surface area contributed by atoms with Gasteiger partial charge in [0, 0.05) is 43.3 Å². The molecule has 5 rings (SSSR count). The van der Waals surface area contributed by atoms with E-state index in [0.717, 1.165) is 42.6 Å². The van der Waals surface area contributed by atoms with Crippen LogP contribution < -0.4 is 9.80 Å². The number of hydrogen-bond donors (Lipinski definition) is 0. The van der Waals surface area contributed by atoms with Crippen LogP contribution in [0.25, 0.3) is 21.3 Å². The van der Waals surface area contributed by atoms with E-state index in [2.05, 4.69) is 67.4 Å². The fourth-order valence-electron chi connectivity index (χ4n) is 3.77. The Morgan fingerprint density at radius 3 is 2.46 bits per heavy atom. The van der Waals surface area contributed by atoms with Gasteiger partial charge in [0.25, 0.3) is 0 Å². The Bertz CT molecular complexity index is 1100. The van der Waals surface area contributed by atoms with Crippen molar-refractivity contribution >= 4 is 33.2 Å². The van der Waals surface area contributed by atoms with E-state index < -0.39 is 0 Å². The molecular formula is C22H21N5S. The zero-order valence-electron chi connectivity index (χ0n) is 15.7. The van der Waals surface area contributed by atoms with E-state index in [1.165, 1.54) is 22.1 Å². The lowest BCUT2D eigenvalue weighted by Crippen LogP contribution is -2.47. The summed E-state index contributed by atoms with van der Waals surface area (Å²) >= 11 is 1.69. The lowest BCUT2D eigenvalue weighted by Gasteiger charge is -2.36. The molecule has 0 atom stereocenters. The topological polar surface area (TPSA) is 45.2 Å². The molecule has 3 aromatic heterocycles. The summed E-state index contributed by atoms with van der Waals surface area (Å²) in [5.41, 5.74) is 3.68. The van der Waals surface area contributed by atoms with Gasteiger partial charge in [-0.3, -0.25) is 0 Å². The van der Waals surface area contributed by atoms with Crippen LogP contribution in [0.2, 0.25) is 0 Å². The highest BCUT2D eigenvalue weighted by atomic mass is 32.1. The molecule has 0 aliphatic carbocycles. The Morgan fingerprint density at radius 1 is 0.893 bits per heavy atom. The van der Waals surface area contributed by atoms with Crippen molar-refractivity contribution in [3.05, 3.63) is 65.9 Å². The van der Waals surface area contributed by atoms with Gasteiger partial charge in [0.1, 0.15) is 22.8 Å². The Balaban J connectivity index is 1.45. The van der Waals surface area contributed by atoms with E-state index in [1.807, 2.05) is 18.3 Å². The molecule has 28 heavy (non-hydrogen) atoms. The zero-order chi connectivity index (χ0) is 18.9. The summed E-state index contributed by atoms with van der Waals surface area (Å²) in [7, 11) is 0. The molecule has 0 amide bonds. The molecule has 0 saturated carbocycles. The number of pyridine rings is 1. The smallest absolute Gasteiger partial charge is 0.141 e. The number of piperazine rings is 1. The van der Waals surface area contributed by atoms with Crippen LogP contribution in [0.5, 0.6) is 0 Å². The number of rotatable bonds is 3. The molecule has 1 saturated heterocycles. The van der Waals surface area contributed by atoms with E-state index in [9.17, 15) is 0 Å². The Labute approximate surface area is 168 Å². The quantitative estimate of drug-likeness (QED) is 0.522. The van der Waals surface area contributed by atoms with Crippen molar-refractivity contribution < 1.29 is 0 Å². The van der Waals surface area contributed by atoms with Crippen molar-refractivity contribution in [2.24, 2.45) is 0 Å². The van der Waals surface area contributed by atoms with E-state index in [-0.39, 0.29) is 0 Å². The van der Waals surface area contributed by atoms with Crippen LogP contribution in [-0.2, 0) is 0 Å². The minimum atomic E-state index is 0.922. The second kappa shape index (κ2) is 7.20. The molecule has 5 nitrogen and oxygen atoms in total. The van der Waals surface area contributed by atoms with Crippen molar-refractivity contribution in [2.75, 3.05) is 36.0 Å². The molecule has 1 aliphatic rings. The number of nitrogens with zero attached hydrogens (tertiary/aromatic N) is 5. The highest BCUT2D eigenvalue weighted by Crippen LogP contribution is 2.38. The van der Waals surface area contributed by atoms with E-state index in [1.54, 1.807) is 17.7 Å². The van der Waals surface area contributed by atoms with Gasteiger partial charge in [-0.15, -0.1) is 11.3 Å². The van der Waals surface area contributed by atoms with Gasteiger partial charge in [0.2, 0.25) is 0 Å². The lowest BCUT2D eigenvalue weighted by molar-refractivity contribution is 0.643. The molecule has 0 radical (unpaired) electrons. The molecule has 1 aromatic carbocycles. The van der Waals surface area contributed by atoms with Crippen LogP contribution in [0, 0.1) is 6.92 Å². The Kier molecular flexibility index (Phi) is 4.41. The molecule has 4 aromatic rings. The van der Waals surface area contributed by atoms with Crippen molar-refractivity contribution in [2.45, 2.75) is 6.92 Å². The Morgan fingerprint density at radius 2 is 1.68 bits per heavy atom. The van der Waals surface area contributed by atoms with Crippen LogP contribution in [0.1, 0.15) is 5.56 Å². The third-order valence-electron chi connectivity index (χ3n) is 5.24. The van der Waals surface area contributed by atoms with Gasteiger partial charge in [-0.1, -0.05) is 30.3 Å². The highest BCUT2D eigenvalue weighted by Gasteiger charge is 2.23. The molecule has 0 N–H and O–H groups in total. The minimum absolute atomic E-state index is 0.922. The van der Waals surface area contributed by atoms with E-state index in [0.29, 0.717) is 0 Å². The normalized spacial score (nSPS) is 14.6. The second-order valence-electron chi connectivity index (χ2n) is 7.06. The first-order valence-electron chi connectivity index (χ1n) is 9.50. The molecular weight excluding hydrogens is 366 g/mol. The molecule has 1 aliphatic heterocycles. The van der Waals surface area contributed by atoms with E-state index >= 15 is 0 Å². The Hall–Kier alpha value is -2.99. The predicted octanol–water partition coefficient (Wildman–Crippen LogP) is 4.39. The molecule has 6 heteroatoms. The van der Waals surface area contributed by atoms with Crippen LogP contribution >= 0.6 is 11.3 Å². The number of benzene rings is 1. The summed E-state index contributed by atoms with van der Waals surface area (Å²) in [6.07, 6.45) is 3.58. The van der Waals surface area contributed by atoms with Gasteiger partial charge in [0.05, 0.1) is 5.39 Å². The van der Waals surface area contributed by atoms with Gasteiger partial charge in [-0.2, -0.15) is 0 Å². The molecule has 0 bridgehead atoms. The van der Waals surface area contributed by atoms with E-state index in [4.69, 9.17) is 0 Å². The molecule has 4 heterocycles. The van der Waals surface area contributed by atoms with Crippen molar-refractivity contribution in [3.8, 4) is 11.1 Å². The maximum Gasteiger partial charge on any atom is 0.141 e. The van der Waals surface area contributed by atoms with Gasteiger partial charge >= 0.3 is 0 Å². The number of anilines is 2. The largest absolute Gasteiger partial charge is 0.353 e. The fraction of sp³-hybridized carbons (Fsp3) is 0.227. The van der Waals surface area contributed by atoms with Crippen LogP contribution in [0.3, 0.4) is 0 Å². The first kappa shape index (κ1) is 17.1. The first-order chi connectivity index (χ1) is 13.8. The summed E-state index contributed by atoms with van der Waals surface area (Å²) in [5.74, 6) is 2.11. The van der Waals surface area contributed by atoms with Crippen molar-refractivity contribution in [1.29, 1.82) is 0 Å². The van der Waals surface area contributed by atoms with Gasteiger partial charge in [-0.05, 0) is 30.2 Å². The van der Waals surface area contributed by atoms with Crippen LogP contribution in [0.15, 0.2) is 60.4 Å². The maximum atomic E-state index is 4.69. The van der Waals surface area contributed by atoms with Crippen LogP contribution in [-0.4, -0.2) is 41.1 Å². The lowest BCUT2D eigenvalue weighted by atomic mass is 10.1. The SMILES string of the molecule is Cc1ccnc(N2CCN(c3ncnc4scc(-c5ccccc5)c34)CC2)c1. The monoisotopic (exact) mass is 387 g/mol. The maximum absolute atomic E-state index is 4.69. The molecule has 0 unspecified atom stereocenters. The van der Waals surface area contributed by atoms with Crippen molar-refractivity contribution in [3.63, 3.8) is 0 Å². The predicted molar refractivity (Wildman–Crippen MR) is 116 cm³/mol. The fourth-order valence-corrected chi connectivity index (χ4v) is 4.68. The van der Waals surface area contributed by atoms with Crippen molar-refractivity contribution in [1.82, 2.24) is 15.0 Å². The van der Waals surface area contributed by atoms with Gasteiger partial charge in [-0.25, -0.2) is 15.0 Å². The summed E-state index contributed by atoms with van der Waals surface area (Å²) in [6, 6.07) is 14.7. The van der Waals surface area contributed by atoms with Gasteiger partial charge < -0.3 is 9.80 Å². The summed E-state index contributed by atoms with van der Waals surface area (Å²) in [6.45, 7) is 5.83. The molecule has 1 fully saturated rings. The van der Waals surface area contributed by atoms with Gasteiger partial charge in [0.15, 0.2) is 0 Å². The number of thiophene rings is 1. The average molecular weight is 388 g/mol. The third kappa shape index (κ3) is 3.10. The van der Waals surface area contributed by atoms with Crippen LogP contribution in [0.4, 0.5) is 11.6 Å². The number of aromatic nitrogens is 3. The number of aryl methyl sites for hydroxylation is 1. The molecule has 140 valence electrons. The average Bonchev–Trinajstić information content (AvgIpc) is 3.19. The highest BCUT2D eigenvalue weighted by molar-refractivity contribution is 7.17. The standard InChI is InChI=1S/C22H21N5S/c1-16-7-8-23-19(13-16)26-9-11-27(12-10-26)21-20-18(17-5-3-2-4-6-17)14-28-22(20)25-15-24-21/h2-8,13-15H,9-12H2,1H3. The summed E-state index contributed by atoms with van der Waals surface area (Å²) in [5, 5.41) is 3.37.